The maximum absolute atomic E-state index is 12.0. The Labute approximate surface area is 343 Å². The lowest BCUT2D eigenvalue weighted by atomic mass is 10.2. The number of halogens is 3. The number of fused-ring (bicyclic) bond motifs is 3. The van der Waals surface area contributed by atoms with E-state index in [1.165, 1.54) is 0 Å². The van der Waals surface area contributed by atoms with Crippen LogP contribution in [0.15, 0.2) is 146 Å². The van der Waals surface area contributed by atoms with Crippen molar-refractivity contribution in [3.05, 3.63) is 146 Å². The fourth-order valence-electron chi connectivity index (χ4n) is 6.04. The summed E-state index contributed by atoms with van der Waals surface area (Å²) in [5.74, 6) is 1.89. The molecule has 6 N–H and O–H groups in total. The Morgan fingerprint density at radius 1 is 0.433 bits per heavy atom. The molecule has 3 aromatic carbocycles. The second kappa shape index (κ2) is 19.2. The number of nitrogens with zero attached hydrogens (tertiary/aromatic N) is 6. The summed E-state index contributed by atoms with van der Waals surface area (Å²) in [6, 6.07) is 33.1. The first-order valence-corrected chi connectivity index (χ1v) is 18.9. The van der Waals surface area contributed by atoms with Crippen molar-refractivity contribution in [2.75, 3.05) is 50.6 Å². The minimum Gasteiger partial charge on any atom is -0.493 e. The monoisotopic (exact) mass is 813 g/mol. The quantitative estimate of drug-likeness (QED) is 0.102. The van der Waals surface area contributed by atoms with Crippen molar-refractivity contribution in [1.29, 1.82) is 0 Å². The topological polar surface area (TPSA) is 158 Å². The largest absolute Gasteiger partial charge is 0.493 e. The van der Waals surface area contributed by atoms with Crippen LogP contribution in [-0.2, 0) is 0 Å². The van der Waals surface area contributed by atoms with E-state index >= 15 is 0 Å². The zero-order chi connectivity index (χ0) is 41.8. The normalized spacial score (nSPS) is 10.8. The van der Waals surface area contributed by atoms with E-state index in [4.69, 9.17) is 31.4 Å². The fourth-order valence-corrected chi connectivity index (χ4v) is 6.04. The van der Waals surface area contributed by atoms with Crippen LogP contribution in [0.3, 0.4) is 0 Å². The molecular formula is C45H42F3N9O3. The molecule has 0 atom stereocenters. The van der Waals surface area contributed by atoms with Gasteiger partial charge in [0.1, 0.15) is 47.5 Å². The number of imidazole rings is 3. The molecule has 0 bridgehead atoms. The maximum atomic E-state index is 12.0. The standard InChI is InChI=1S/C16H16FN3O.C15H14FN3O.C14H12FN3O/c17-7-1-9-21-14-4-2-12(3-5-14)15-11-20-8-6-13(18)10-16(20)19-15;16-6-8-20-13-3-1-11(2-4-13)14-10-19-7-5-12(17)9-15(19)18-14;15-9-19-12-3-1-10(2-4-12)13-8-18-6-5-11(16)7-14(18)17-13/h2-6,8,10-11H,1,7,9,18H2;1-5,7,9-10H,6,8,17H2;1-8H,9,16H2. The van der Waals surface area contributed by atoms with Gasteiger partial charge in [-0.2, -0.15) is 0 Å². The highest BCUT2D eigenvalue weighted by atomic mass is 19.1. The van der Waals surface area contributed by atoms with E-state index in [9.17, 15) is 13.2 Å². The minimum atomic E-state index is -0.826. The number of hydrogen-bond acceptors (Lipinski definition) is 9. The van der Waals surface area contributed by atoms with Gasteiger partial charge in [0.05, 0.1) is 30.4 Å². The molecular weight excluding hydrogens is 772 g/mol. The molecule has 0 aliphatic heterocycles. The van der Waals surface area contributed by atoms with Crippen molar-refractivity contribution in [3.8, 4) is 51.0 Å². The summed E-state index contributed by atoms with van der Waals surface area (Å²) in [5, 5.41) is 0. The summed E-state index contributed by atoms with van der Waals surface area (Å²) in [6.07, 6.45) is 11.8. The van der Waals surface area contributed by atoms with E-state index in [-0.39, 0.29) is 13.3 Å². The molecule has 15 heteroatoms. The molecule has 9 aromatic rings. The third kappa shape index (κ3) is 10.2. The summed E-state index contributed by atoms with van der Waals surface area (Å²) >= 11 is 0. The van der Waals surface area contributed by atoms with Gasteiger partial charge in [-0.15, -0.1) is 0 Å². The minimum absolute atomic E-state index is 0.0764. The van der Waals surface area contributed by atoms with Gasteiger partial charge in [-0.1, -0.05) is 0 Å². The van der Waals surface area contributed by atoms with Crippen molar-refractivity contribution in [3.63, 3.8) is 0 Å². The molecule has 0 amide bonds. The van der Waals surface area contributed by atoms with Crippen molar-refractivity contribution >= 4 is 34.0 Å². The molecule has 0 fully saturated rings. The highest BCUT2D eigenvalue weighted by Gasteiger charge is 2.08. The third-order valence-corrected chi connectivity index (χ3v) is 9.02. The summed E-state index contributed by atoms with van der Waals surface area (Å²) < 4.78 is 57.2. The lowest BCUT2D eigenvalue weighted by Gasteiger charge is -2.04. The van der Waals surface area contributed by atoms with Gasteiger partial charge in [-0.05, 0) is 91.0 Å². The van der Waals surface area contributed by atoms with Crippen molar-refractivity contribution in [1.82, 2.24) is 28.2 Å². The van der Waals surface area contributed by atoms with Crippen LogP contribution in [-0.4, -0.2) is 61.6 Å². The maximum Gasteiger partial charge on any atom is 0.228 e. The van der Waals surface area contributed by atoms with Crippen LogP contribution in [0, 0.1) is 0 Å². The number of hydrogen-bond donors (Lipinski definition) is 3. The van der Waals surface area contributed by atoms with E-state index in [0.717, 1.165) is 56.5 Å². The Hall–Kier alpha value is -7.68. The number of rotatable bonds is 12. The van der Waals surface area contributed by atoms with Crippen molar-refractivity contribution < 1.29 is 27.4 Å². The van der Waals surface area contributed by atoms with Gasteiger partial charge in [0.15, 0.2) is 0 Å². The molecule has 0 radical (unpaired) electrons. The number of aromatic nitrogens is 6. The molecule has 306 valence electrons. The van der Waals surface area contributed by atoms with Gasteiger partial charge >= 0.3 is 0 Å². The number of ether oxygens (including phenoxy) is 3. The number of benzene rings is 3. The number of nitrogens with two attached hydrogens (primary N) is 3. The van der Waals surface area contributed by atoms with Crippen LogP contribution in [0.2, 0.25) is 0 Å². The average molecular weight is 814 g/mol. The Morgan fingerprint density at radius 2 is 0.783 bits per heavy atom. The number of anilines is 3. The predicted molar refractivity (Wildman–Crippen MR) is 229 cm³/mol. The molecule has 9 rings (SSSR count). The predicted octanol–water partition coefficient (Wildman–Crippen LogP) is 9.14. The first-order valence-electron chi connectivity index (χ1n) is 18.9. The van der Waals surface area contributed by atoms with Crippen molar-refractivity contribution in [2.45, 2.75) is 6.42 Å². The SMILES string of the molecule is Nc1ccn2cc(-c3ccc(OCCCF)cc3)nc2c1.Nc1ccn2cc(-c3ccc(OCCF)cc3)nc2c1.Nc1ccn2cc(-c3ccc(OCF)cc3)nc2c1. The van der Waals surface area contributed by atoms with Crippen LogP contribution in [0.1, 0.15) is 6.42 Å². The molecule has 60 heavy (non-hydrogen) atoms. The first-order chi connectivity index (χ1) is 29.3. The average Bonchev–Trinajstić information content (AvgIpc) is 4.01. The van der Waals surface area contributed by atoms with E-state index in [2.05, 4.69) is 15.0 Å². The summed E-state index contributed by atoms with van der Waals surface area (Å²) in [7, 11) is 0. The summed E-state index contributed by atoms with van der Waals surface area (Å²) in [5.41, 5.74) is 27.1. The molecule has 0 aliphatic rings. The van der Waals surface area contributed by atoms with Gasteiger partial charge in [0.2, 0.25) is 6.86 Å². The summed E-state index contributed by atoms with van der Waals surface area (Å²) in [6.45, 7) is -1.21. The van der Waals surface area contributed by atoms with E-state index in [0.29, 0.717) is 41.6 Å². The summed E-state index contributed by atoms with van der Waals surface area (Å²) in [4.78, 5) is 13.5. The van der Waals surface area contributed by atoms with Gasteiger partial charge in [0.25, 0.3) is 0 Å². The lowest BCUT2D eigenvalue weighted by Crippen LogP contribution is -1.98. The van der Waals surface area contributed by atoms with E-state index < -0.39 is 13.5 Å². The van der Waals surface area contributed by atoms with Gasteiger partial charge in [-0.25, -0.2) is 23.7 Å². The van der Waals surface area contributed by atoms with Crippen LogP contribution in [0.4, 0.5) is 30.2 Å². The smallest absolute Gasteiger partial charge is 0.228 e. The molecule has 0 unspecified atom stereocenters. The zero-order valence-electron chi connectivity index (χ0n) is 32.4. The number of nitrogen functional groups attached to an aromatic ring is 3. The number of pyridine rings is 3. The second-order valence-electron chi connectivity index (χ2n) is 13.3. The molecule has 0 saturated heterocycles. The Balaban J connectivity index is 0.000000136. The van der Waals surface area contributed by atoms with Crippen LogP contribution >= 0.6 is 0 Å². The molecule has 6 aromatic heterocycles. The molecule has 0 saturated carbocycles. The fraction of sp³-hybridized carbons (Fsp3) is 0.133. The third-order valence-electron chi connectivity index (χ3n) is 9.02. The molecule has 12 nitrogen and oxygen atoms in total. The Kier molecular flexibility index (Phi) is 12.9. The first kappa shape index (κ1) is 40.5. The van der Waals surface area contributed by atoms with Gasteiger partial charge in [-0.3, -0.25) is 4.39 Å². The second-order valence-corrected chi connectivity index (χ2v) is 13.3. The number of alkyl halides is 3. The molecule has 0 aliphatic carbocycles. The molecule has 0 spiro atoms. The van der Waals surface area contributed by atoms with Gasteiger partial charge in [0, 0.05) is 95.6 Å². The van der Waals surface area contributed by atoms with Crippen LogP contribution in [0.25, 0.3) is 50.7 Å². The van der Waals surface area contributed by atoms with Crippen LogP contribution in [0.5, 0.6) is 17.2 Å². The van der Waals surface area contributed by atoms with Crippen LogP contribution < -0.4 is 31.4 Å². The highest BCUT2D eigenvalue weighted by molar-refractivity contribution is 5.67. The Bertz CT molecular complexity index is 2770. The highest BCUT2D eigenvalue weighted by Crippen LogP contribution is 2.26. The Morgan fingerprint density at radius 3 is 1.12 bits per heavy atom. The lowest BCUT2D eigenvalue weighted by molar-refractivity contribution is 0.192. The van der Waals surface area contributed by atoms with E-state index in [1.807, 2.05) is 147 Å². The molecule has 6 heterocycles. The zero-order valence-corrected chi connectivity index (χ0v) is 32.4. The van der Waals surface area contributed by atoms with Gasteiger partial charge < -0.3 is 44.6 Å². The van der Waals surface area contributed by atoms with E-state index in [1.54, 1.807) is 12.1 Å². The van der Waals surface area contributed by atoms with Crippen molar-refractivity contribution in [2.24, 2.45) is 0 Å².